The Morgan fingerprint density at radius 3 is 2.65 bits per heavy atom. The Kier molecular flexibility index (Phi) is 5.08. The third kappa shape index (κ3) is 3.51. The molecule has 2 unspecified atom stereocenters. The molecule has 0 saturated carbocycles. The van der Waals surface area contributed by atoms with Crippen LogP contribution in [-0.2, 0) is 0 Å². The quantitative estimate of drug-likeness (QED) is 0.843. The Morgan fingerprint density at radius 1 is 1.59 bits per heavy atom. The van der Waals surface area contributed by atoms with Crippen molar-refractivity contribution < 1.29 is 14.3 Å². The van der Waals surface area contributed by atoms with E-state index in [-0.39, 0.29) is 23.8 Å². The Balaban J connectivity index is 2.69. The Morgan fingerprint density at radius 2 is 2.24 bits per heavy atom. The third-order valence-electron chi connectivity index (χ3n) is 2.68. The summed E-state index contributed by atoms with van der Waals surface area (Å²) in [5, 5.41) is 12.0. The lowest BCUT2D eigenvalue weighted by Crippen LogP contribution is -2.41. The number of nitrogens with one attached hydrogen (secondary N) is 1. The minimum absolute atomic E-state index is 0.00672. The summed E-state index contributed by atoms with van der Waals surface area (Å²) in [5.74, 6) is 1.19. The van der Waals surface area contributed by atoms with Gasteiger partial charge in [-0.25, -0.2) is 0 Å². The number of hydrogen-bond acceptors (Lipinski definition) is 4. The molecule has 4 nitrogen and oxygen atoms in total. The average Bonchev–Trinajstić information content (AvgIpc) is 2.59. The van der Waals surface area contributed by atoms with Gasteiger partial charge in [0.05, 0.1) is 12.2 Å². The molecule has 0 aliphatic carbocycles. The summed E-state index contributed by atoms with van der Waals surface area (Å²) in [5.41, 5.74) is 0.562. The molecule has 1 rings (SSSR count). The number of aliphatic hydroxyl groups excluding tert-OH is 1. The number of carbonyl (C=O) groups is 1. The smallest absolute Gasteiger partial charge is 0.255 e. The Hall–Kier alpha value is -0.940. The van der Waals surface area contributed by atoms with E-state index in [2.05, 4.69) is 5.32 Å². The lowest BCUT2D eigenvalue weighted by atomic mass is 10.2. The van der Waals surface area contributed by atoms with Crippen LogP contribution in [0.1, 0.15) is 28.8 Å². The summed E-state index contributed by atoms with van der Waals surface area (Å²) in [4.78, 5) is 12.0. The number of aliphatic hydroxyl groups is 1. The van der Waals surface area contributed by atoms with E-state index in [9.17, 15) is 4.79 Å². The first-order chi connectivity index (χ1) is 7.99. The molecule has 1 aromatic heterocycles. The molecule has 0 spiro atoms. The Labute approximate surface area is 106 Å². The summed E-state index contributed by atoms with van der Waals surface area (Å²) in [6.07, 6.45) is 1.91. The number of thioether (sulfide) groups is 1. The van der Waals surface area contributed by atoms with Crippen LogP contribution >= 0.6 is 11.8 Å². The monoisotopic (exact) mass is 257 g/mol. The molecule has 0 radical (unpaired) electrons. The number of amides is 1. The molecule has 2 N–H and O–H groups in total. The van der Waals surface area contributed by atoms with Crippen molar-refractivity contribution >= 4 is 17.7 Å². The van der Waals surface area contributed by atoms with Crippen LogP contribution in [0.15, 0.2) is 10.5 Å². The van der Waals surface area contributed by atoms with Gasteiger partial charge in [0.2, 0.25) is 0 Å². The lowest BCUT2D eigenvalue weighted by molar-refractivity contribution is 0.0934. The Bertz CT molecular complexity index is 385. The van der Waals surface area contributed by atoms with Crippen LogP contribution < -0.4 is 5.32 Å². The van der Waals surface area contributed by atoms with E-state index in [1.165, 1.54) is 11.8 Å². The predicted molar refractivity (Wildman–Crippen MR) is 69.5 cm³/mol. The van der Waals surface area contributed by atoms with Crippen molar-refractivity contribution in [1.82, 2.24) is 5.32 Å². The van der Waals surface area contributed by atoms with Gasteiger partial charge in [-0.2, -0.15) is 11.8 Å². The number of carbonyl (C=O) groups excluding carboxylic acids is 1. The molecule has 1 amide bonds. The fourth-order valence-corrected chi connectivity index (χ4v) is 2.30. The summed E-state index contributed by atoms with van der Waals surface area (Å²) >= 11 is 1.54. The van der Waals surface area contributed by atoms with Crippen molar-refractivity contribution in [1.29, 1.82) is 0 Å². The molecule has 17 heavy (non-hydrogen) atoms. The number of rotatable bonds is 5. The number of furan rings is 1. The predicted octanol–water partition coefficient (Wildman–Crippen LogP) is 1.74. The largest absolute Gasteiger partial charge is 0.466 e. The minimum Gasteiger partial charge on any atom is -0.466 e. The second-order valence-corrected chi connectivity index (χ2v) is 5.12. The molecule has 96 valence electrons. The van der Waals surface area contributed by atoms with E-state index in [0.29, 0.717) is 11.3 Å². The molecule has 0 aliphatic heterocycles. The molecule has 0 aromatic carbocycles. The highest BCUT2D eigenvalue weighted by atomic mass is 32.2. The van der Waals surface area contributed by atoms with Gasteiger partial charge in [-0.3, -0.25) is 4.79 Å². The molecule has 0 saturated heterocycles. The van der Waals surface area contributed by atoms with Crippen LogP contribution in [0.2, 0.25) is 0 Å². The molecular weight excluding hydrogens is 238 g/mol. The molecule has 0 fully saturated rings. The zero-order chi connectivity index (χ0) is 13.0. The molecule has 1 aromatic rings. The van der Waals surface area contributed by atoms with Gasteiger partial charge < -0.3 is 14.8 Å². The van der Waals surface area contributed by atoms with Crippen LogP contribution in [0.3, 0.4) is 0 Å². The zero-order valence-electron chi connectivity index (χ0n) is 10.6. The van der Waals surface area contributed by atoms with E-state index >= 15 is 0 Å². The van der Waals surface area contributed by atoms with Gasteiger partial charge in [0, 0.05) is 11.3 Å². The first-order valence-corrected chi connectivity index (χ1v) is 6.80. The second-order valence-electron chi connectivity index (χ2n) is 4.05. The van der Waals surface area contributed by atoms with Gasteiger partial charge in [-0.15, -0.1) is 0 Å². The molecule has 0 bridgehead atoms. The van der Waals surface area contributed by atoms with Crippen LogP contribution in [0.25, 0.3) is 0 Å². The highest BCUT2D eigenvalue weighted by molar-refractivity contribution is 7.99. The van der Waals surface area contributed by atoms with Gasteiger partial charge in [0.15, 0.2) is 0 Å². The van der Waals surface area contributed by atoms with E-state index in [0.717, 1.165) is 5.76 Å². The summed E-state index contributed by atoms with van der Waals surface area (Å²) in [6, 6.07) is 1.64. The minimum atomic E-state index is -0.153. The van der Waals surface area contributed by atoms with E-state index < -0.39 is 0 Å². The standard InChI is InChI=1S/C12H19NO3S/c1-7-5-10(9(3)16-7)12(15)13-8(2)11(6-14)17-4/h5,8,11,14H,6H2,1-4H3,(H,13,15). The SMILES string of the molecule is CSC(CO)C(C)NC(=O)c1cc(C)oc1C. The van der Waals surface area contributed by atoms with E-state index in [1.54, 1.807) is 13.0 Å². The van der Waals surface area contributed by atoms with Crippen LogP contribution in [0.4, 0.5) is 0 Å². The highest BCUT2D eigenvalue weighted by Gasteiger charge is 2.20. The fourth-order valence-electron chi connectivity index (χ4n) is 1.67. The van der Waals surface area contributed by atoms with Crippen LogP contribution in [0, 0.1) is 13.8 Å². The molecular formula is C12H19NO3S. The maximum Gasteiger partial charge on any atom is 0.255 e. The molecule has 5 heteroatoms. The highest BCUT2D eigenvalue weighted by Crippen LogP contribution is 2.15. The summed E-state index contributed by atoms with van der Waals surface area (Å²) in [7, 11) is 0. The van der Waals surface area contributed by atoms with Crippen LogP contribution in [-0.4, -0.2) is 35.2 Å². The second kappa shape index (κ2) is 6.12. The molecule has 1 heterocycles. The van der Waals surface area contributed by atoms with Crippen molar-refractivity contribution in [3.8, 4) is 0 Å². The average molecular weight is 257 g/mol. The summed E-state index contributed by atoms with van der Waals surface area (Å²) in [6.45, 7) is 5.51. The van der Waals surface area contributed by atoms with Crippen molar-refractivity contribution in [3.63, 3.8) is 0 Å². The topological polar surface area (TPSA) is 62.5 Å². The maximum absolute atomic E-state index is 12.0. The van der Waals surface area contributed by atoms with Gasteiger partial charge in [0.25, 0.3) is 5.91 Å². The van der Waals surface area contributed by atoms with Gasteiger partial charge in [0.1, 0.15) is 11.5 Å². The van der Waals surface area contributed by atoms with Gasteiger partial charge >= 0.3 is 0 Å². The normalized spacial score (nSPS) is 14.4. The van der Waals surface area contributed by atoms with Gasteiger partial charge in [-0.1, -0.05) is 0 Å². The maximum atomic E-state index is 12.0. The molecule has 2 atom stereocenters. The van der Waals surface area contributed by atoms with Crippen molar-refractivity contribution in [2.24, 2.45) is 0 Å². The zero-order valence-corrected chi connectivity index (χ0v) is 11.4. The van der Waals surface area contributed by atoms with E-state index in [1.807, 2.05) is 20.1 Å². The van der Waals surface area contributed by atoms with E-state index in [4.69, 9.17) is 9.52 Å². The van der Waals surface area contributed by atoms with Crippen molar-refractivity contribution in [2.45, 2.75) is 32.1 Å². The fraction of sp³-hybridized carbons (Fsp3) is 0.583. The first kappa shape index (κ1) is 14.1. The third-order valence-corrected chi connectivity index (χ3v) is 3.85. The summed E-state index contributed by atoms with van der Waals surface area (Å²) < 4.78 is 5.31. The first-order valence-electron chi connectivity index (χ1n) is 5.51. The number of aryl methyl sites for hydroxylation is 2. The number of hydrogen-bond donors (Lipinski definition) is 2. The lowest BCUT2D eigenvalue weighted by Gasteiger charge is -2.21. The van der Waals surface area contributed by atoms with Crippen molar-refractivity contribution in [2.75, 3.05) is 12.9 Å². The van der Waals surface area contributed by atoms with Crippen molar-refractivity contribution in [3.05, 3.63) is 23.2 Å². The van der Waals surface area contributed by atoms with Crippen LogP contribution in [0.5, 0.6) is 0 Å². The molecule has 0 aliphatic rings. The van der Waals surface area contributed by atoms with Gasteiger partial charge in [-0.05, 0) is 33.1 Å².